The molecule has 4 bridgehead atoms. The van der Waals surface area contributed by atoms with Crippen LogP contribution in [0.15, 0.2) is 188 Å². The van der Waals surface area contributed by atoms with Crippen LogP contribution in [0.5, 0.6) is 0 Å². The molecule has 9 aromatic carbocycles. The van der Waals surface area contributed by atoms with E-state index in [0.717, 1.165) is 11.8 Å². The minimum Gasteiger partial charge on any atom is -0.310 e. The number of anilines is 3. The molecule has 64 heavy (non-hydrogen) atoms. The minimum absolute atomic E-state index is 0.0859. The van der Waals surface area contributed by atoms with Gasteiger partial charge in [-0.2, -0.15) is 0 Å². The zero-order valence-electron chi connectivity index (χ0n) is 36.7. The molecule has 0 N–H and O–H groups in total. The molecule has 0 amide bonds. The maximum atomic E-state index is 2.64. The van der Waals surface area contributed by atoms with Gasteiger partial charge in [-0.25, -0.2) is 0 Å². The number of hydrogen-bond donors (Lipinski definition) is 0. The summed E-state index contributed by atoms with van der Waals surface area (Å²) < 4.78 is 0. The third-order valence-electron chi connectivity index (χ3n) is 17.0. The Morgan fingerprint density at radius 2 is 0.969 bits per heavy atom. The van der Waals surface area contributed by atoms with E-state index in [2.05, 4.69) is 207 Å². The van der Waals surface area contributed by atoms with Gasteiger partial charge in [0.2, 0.25) is 0 Å². The summed E-state index contributed by atoms with van der Waals surface area (Å²) in [6.07, 6.45) is 6.97. The minimum atomic E-state index is -0.0859. The normalized spacial score (nSPS) is 22.7. The highest BCUT2D eigenvalue weighted by molar-refractivity contribution is 6.12. The van der Waals surface area contributed by atoms with Gasteiger partial charge in [0.15, 0.2) is 0 Å². The van der Waals surface area contributed by atoms with Crippen molar-refractivity contribution in [1.82, 2.24) is 0 Å². The second kappa shape index (κ2) is 13.4. The van der Waals surface area contributed by atoms with E-state index in [-0.39, 0.29) is 10.8 Å². The Hall–Kier alpha value is -6.70. The average molecular weight is 822 g/mol. The predicted molar refractivity (Wildman–Crippen MR) is 268 cm³/mol. The van der Waals surface area contributed by atoms with E-state index in [1.54, 1.807) is 11.1 Å². The SMILES string of the molecule is CC1(C)c2ccccc2-c2cccc(-c3ccc(N(c4cccc(-c5cccc6c5ccc5ccccc56)c4)c4ccc5c(c4)C4(c6ccccc6-5)C5CC6CC(C5)CC4C6)cc3)c21. The lowest BCUT2D eigenvalue weighted by Crippen LogP contribution is -2.55. The summed E-state index contributed by atoms with van der Waals surface area (Å²) in [6, 6.07) is 71.9. The van der Waals surface area contributed by atoms with Gasteiger partial charge in [-0.05, 0) is 180 Å². The van der Waals surface area contributed by atoms with Crippen LogP contribution in [0.3, 0.4) is 0 Å². The lowest BCUT2D eigenvalue weighted by Gasteiger charge is -2.61. The molecule has 0 saturated heterocycles. The molecule has 308 valence electrons. The van der Waals surface area contributed by atoms with Crippen LogP contribution in [0.1, 0.15) is 68.2 Å². The Morgan fingerprint density at radius 3 is 1.78 bits per heavy atom. The van der Waals surface area contributed by atoms with Gasteiger partial charge < -0.3 is 4.90 Å². The molecule has 6 aliphatic rings. The summed E-state index contributed by atoms with van der Waals surface area (Å²) in [6.45, 7) is 4.79. The number of benzene rings is 9. The highest BCUT2D eigenvalue weighted by Gasteiger charge is 2.61. The molecule has 0 radical (unpaired) electrons. The van der Waals surface area contributed by atoms with E-state index in [1.807, 2.05) is 0 Å². The van der Waals surface area contributed by atoms with E-state index >= 15 is 0 Å². The Labute approximate surface area is 377 Å². The molecular weight excluding hydrogens is 771 g/mol. The largest absolute Gasteiger partial charge is 0.310 e. The molecule has 4 saturated carbocycles. The standard InChI is InChI=1S/C63H51N/c1-62(2)58-22-7-5-17-55(58)57-21-11-19-51(61(57)62)42-24-27-46(28-25-42)64(47-14-9-13-43(37-47)50-18-10-20-52-49-15-4-3-12-41(49)26-30-53(50)52)48-29-31-56-54-16-6-8-23-59(54)63(60(56)38-48)44-33-39-32-40(35-44)36-45(63)34-39/h3-31,37-40,44-45H,32-36H2,1-2H3. The van der Waals surface area contributed by atoms with Crippen molar-refractivity contribution in [2.45, 2.75) is 56.8 Å². The second-order valence-corrected chi connectivity index (χ2v) is 20.5. The van der Waals surface area contributed by atoms with Crippen molar-refractivity contribution < 1.29 is 0 Å². The Morgan fingerprint density at radius 1 is 0.375 bits per heavy atom. The highest BCUT2D eigenvalue weighted by Crippen LogP contribution is 2.69. The Bertz CT molecular complexity index is 3360. The van der Waals surface area contributed by atoms with E-state index in [0.29, 0.717) is 11.8 Å². The van der Waals surface area contributed by atoms with Crippen molar-refractivity contribution in [2.75, 3.05) is 4.90 Å². The van der Waals surface area contributed by atoms with E-state index < -0.39 is 0 Å². The molecule has 1 heteroatoms. The third-order valence-corrected chi connectivity index (χ3v) is 17.0. The van der Waals surface area contributed by atoms with Gasteiger partial charge in [0.05, 0.1) is 0 Å². The van der Waals surface area contributed by atoms with E-state index in [1.165, 1.54) is 126 Å². The van der Waals surface area contributed by atoms with E-state index in [4.69, 9.17) is 0 Å². The first-order valence-corrected chi connectivity index (χ1v) is 23.8. The first-order chi connectivity index (χ1) is 31.4. The molecule has 1 nitrogen and oxygen atoms in total. The summed E-state index contributed by atoms with van der Waals surface area (Å²) in [5, 5.41) is 5.16. The van der Waals surface area contributed by atoms with Gasteiger partial charge in [0, 0.05) is 27.9 Å². The zero-order chi connectivity index (χ0) is 42.3. The van der Waals surface area contributed by atoms with Crippen LogP contribution in [0, 0.1) is 23.7 Å². The van der Waals surface area contributed by atoms with Crippen LogP contribution >= 0.6 is 0 Å². The van der Waals surface area contributed by atoms with Crippen LogP contribution in [0.25, 0.3) is 66.1 Å². The van der Waals surface area contributed by atoms with Crippen LogP contribution in [-0.2, 0) is 10.8 Å². The molecule has 4 fully saturated rings. The summed E-state index contributed by atoms with van der Waals surface area (Å²) in [7, 11) is 0. The maximum absolute atomic E-state index is 2.64. The summed E-state index contributed by atoms with van der Waals surface area (Å²) >= 11 is 0. The Balaban J connectivity index is 0.943. The van der Waals surface area contributed by atoms with Crippen molar-refractivity contribution >= 4 is 38.6 Å². The molecule has 6 aliphatic carbocycles. The molecule has 1 spiro atoms. The van der Waals surface area contributed by atoms with Gasteiger partial charge in [-0.1, -0.05) is 166 Å². The topological polar surface area (TPSA) is 3.24 Å². The lowest BCUT2D eigenvalue weighted by molar-refractivity contribution is -0.0399. The molecule has 0 unspecified atom stereocenters. The van der Waals surface area contributed by atoms with Crippen LogP contribution in [0.4, 0.5) is 17.1 Å². The predicted octanol–water partition coefficient (Wildman–Crippen LogP) is 16.8. The van der Waals surface area contributed by atoms with Gasteiger partial charge in [0.25, 0.3) is 0 Å². The van der Waals surface area contributed by atoms with Crippen molar-refractivity contribution in [2.24, 2.45) is 23.7 Å². The molecule has 0 aromatic heterocycles. The van der Waals surface area contributed by atoms with Crippen LogP contribution in [0.2, 0.25) is 0 Å². The smallest absolute Gasteiger partial charge is 0.0467 e. The summed E-state index contributed by atoms with van der Waals surface area (Å²) in [5.74, 6) is 3.23. The molecule has 0 heterocycles. The quantitative estimate of drug-likeness (QED) is 0.156. The average Bonchev–Trinajstić information content (AvgIpc) is 3.76. The lowest BCUT2D eigenvalue weighted by atomic mass is 9.43. The number of rotatable bonds is 5. The zero-order valence-corrected chi connectivity index (χ0v) is 36.7. The summed E-state index contributed by atoms with van der Waals surface area (Å²) in [5.41, 5.74) is 20.4. The van der Waals surface area contributed by atoms with Gasteiger partial charge in [0.1, 0.15) is 0 Å². The molecule has 9 aromatic rings. The van der Waals surface area contributed by atoms with Crippen LogP contribution in [-0.4, -0.2) is 0 Å². The first kappa shape index (κ1) is 36.8. The van der Waals surface area contributed by atoms with Crippen molar-refractivity contribution in [3.05, 3.63) is 210 Å². The van der Waals surface area contributed by atoms with Crippen molar-refractivity contribution in [3.63, 3.8) is 0 Å². The number of nitrogens with zero attached hydrogens (tertiary/aromatic N) is 1. The maximum Gasteiger partial charge on any atom is 0.0467 e. The van der Waals surface area contributed by atoms with Gasteiger partial charge >= 0.3 is 0 Å². The van der Waals surface area contributed by atoms with Crippen LogP contribution < -0.4 is 4.90 Å². The second-order valence-electron chi connectivity index (χ2n) is 20.5. The van der Waals surface area contributed by atoms with Gasteiger partial charge in [-0.15, -0.1) is 0 Å². The van der Waals surface area contributed by atoms with Crippen molar-refractivity contribution in [3.8, 4) is 44.5 Å². The number of hydrogen-bond acceptors (Lipinski definition) is 1. The van der Waals surface area contributed by atoms with Gasteiger partial charge in [-0.3, -0.25) is 0 Å². The monoisotopic (exact) mass is 821 g/mol. The first-order valence-electron chi connectivity index (χ1n) is 23.8. The summed E-state index contributed by atoms with van der Waals surface area (Å²) in [4.78, 5) is 2.55. The molecular formula is C63H51N. The highest BCUT2D eigenvalue weighted by atomic mass is 15.1. The fraction of sp³-hybridized carbons (Fsp3) is 0.206. The van der Waals surface area contributed by atoms with E-state index in [9.17, 15) is 0 Å². The Kier molecular flexibility index (Phi) is 7.70. The fourth-order valence-electron chi connectivity index (χ4n) is 14.7. The molecule has 0 aliphatic heterocycles. The fourth-order valence-corrected chi connectivity index (χ4v) is 14.7. The molecule has 0 atom stereocenters. The number of fused-ring (bicyclic) bond motifs is 9. The molecule has 15 rings (SSSR count). The third kappa shape index (κ3) is 5.02. The van der Waals surface area contributed by atoms with Crippen molar-refractivity contribution in [1.29, 1.82) is 0 Å².